The minimum Gasteiger partial charge on any atom is -0.465 e. The van der Waals surface area contributed by atoms with Gasteiger partial charge in [-0.05, 0) is 26.0 Å². The Kier molecular flexibility index (Phi) is 6.64. The van der Waals surface area contributed by atoms with Crippen LogP contribution in [0.25, 0.3) is 0 Å². The molecule has 0 heterocycles. The molecular formula is C16H19N3O3. The zero-order chi connectivity index (χ0) is 16.5. The van der Waals surface area contributed by atoms with Crippen LogP contribution in [0.15, 0.2) is 36.0 Å². The lowest BCUT2D eigenvalue weighted by molar-refractivity contribution is -0.112. The highest BCUT2D eigenvalue weighted by Crippen LogP contribution is 2.17. The Bertz CT molecular complexity index is 613. The first-order valence-electron chi connectivity index (χ1n) is 6.92. The zero-order valence-electron chi connectivity index (χ0n) is 12.9. The van der Waals surface area contributed by atoms with Crippen molar-refractivity contribution in [2.24, 2.45) is 0 Å². The number of nitriles is 1. The Balaban J connectivity index is 3.02. The van der Waals surface area contributed by atoms with Gasteiger partial charge in [-0.25, -0.2) is 4.79 Å². The number of rotatable bonds is 6. The molecule has 0 bridgehead atoms. The molecule has 0 aliphatic heterocycles. The molecule has 0 aliphatic carbocycles. The van der Waals surface area contributed by atoms with Crippen molar-refractivity contribution in [1.29, 1.82) is 5.26 Å². The SMILES string of the molecule is CCN(/C=C(/C#N)C(=O)Nc1ccccc1C(=O)OC)CC. The smallest absolute Gasteiger partial charge is 0.339 e. The molecule has 1 rings (SSSR count). The molecular weight excluding hydrogens is 282 g/mol. The van der Waals surface area contributed by atoms with E-state index in [0.29, 0.717) is 18.8 Å². The molecule has 0 aromatic heterocycles. The number of hydrogen-bond acceptors (Lipinski definition) is 5. The molecule has 22 heavy (non-hydrogen) atoms. The summed E-state index contributed by atoms with van der Waals surface area (Å²) in [6, 6.07) is 8.35. The molecule has 0 atom stereocenters. The fourth-order valence-corrected chi connectivity index (χ4v) is 1.80. The van der Waals surface area contributed by atoms with Crippen molar-refractivity contribution in [2.75, 3.05) is 25.5 Å². The number of esters is 1. The van der Waals surface area contributed by atoms with Crippen LogP contribution in [0.3, 0.4) is 0 Å². The van der Waals surface area contributed by atoms with E-state index in [-0.39, 0.29) is 11.1 Å². The lowest BCUT2D eigenvalue weighted by Crippen LogP contribution is -2.21. The second-order valence-corrected chi connectivity index (χ2v) is 4.37. The van der Waals surface area contributed by atoms with E-state index in [0.717, 1.165) is 0 Å². The van der Waals surface area contributed by atoms with Crippen molar-refractivity contribution in [3.63, 3.8) is 0 Å². The number of nitrogens with one attached hydrogen (secondary N) is 1. The van der Waals surface area contributed by atoms with E-state index in [1.165, 1.54) is 13.3 Å². The molecule has 0 fully saturated rings. The van der Waals surface area contributed by atoms with E-state index in [1.807, 2.05) is 24.8 Å². The molecule has 6 nitrogen and oxygen atoms in total. The van der Waals surface area contributed by atoms with Gasteiger partial charge in [-0.1, -0.05) is 12.1 Å². The van der Waals surface area contributed by atoms with Crippen LogP contribution in [0, 0.1) is 11.3 Å². The number of anilines is 1. The van der Waals surface area contributed by atoms with Crippen LogP contribution in [0.2, 0.25) is 0 Å². The first-order valence-corrected chi connectivity index (χ1v) is 6.92. The van der Waals surface area contributed by atoms with Crippen molar-refractivity contribution >= 4 is 17.6 Å². The summed E-state index contributed by atoms with van der Waals surface area (Å²) in [5, 5.41) is 11.7. The monoisotopic (exact) mass is 301 g/mol. The van der Waals surface area contributed by atoms with Crippen LogP contribution in [0.4, 0.5) is 5.69 Å². The number of carbonyl (C=O) groups excluding carboxylic acids is 2. The Hall–Kier alpha value is -2.81. The Labute approximate surface area is 130 Å². The van der Waals surface area contributed by atoms with Crippen molar-refractivity contribution in [2.45, 2.75) is 13.8 Å². The van der Waals surface area contributed by atoms with Gasteiger partial charge in [-0.15, -0.1) is 0 Å². The average molecular weight is 301 g/mol. The van der Waals surface area contributed by atoms with E-state index in [1.54, 1.807) is 24.3 Å². The van der Waals surface area contributed by atoms with E-state index in [9.17, 15) is 9.59 Å². The molecule has 1 aromatic carbocycles. The first kappa shape index (κ1) is 17.2. The maximum Gasteiger partial charge on any atom is 0.339 e. The minimum atomic E-state index is -0.564. The number of carbonyl (C=O) groups is 2. The van der Waals surface area contributed by atoms with Crippen LogP contribution in [-0.2, 0) is 9.53 Å². The number of benzene rings is 1. The molecule has 0 saturated heterocycles. The predicted octanol–water partition coefficient (Wildman–Crippen LogP) is 2.16. The van der Waals surface area contributed by atoms with E-state index in [2.05, 4.69) is 10.1 Å². The summed E-state index contributed by atoms with van der Waals surface area (Å²) >= 11 is 0. The van der Waals surface area contributed by atoms with Gasteiger partial charge in [0.2, 0.25) is 0 Å². The lowest BCUT2D eigenvalue weighted by Gasteiger charge is -2.16. The van der Waals surface area contributed by atoms with Gasteiger partial charge in [0.05, 0.1) is 18.4 Å². The lowest BCUT2D eigenvalue weighted by atomic mass is 10.1. The molecule has 0 aliphatic rings. The summed E-state index contributed by atoms with van der Waals surface area (Å²) in [6.45, 7) is 5.24. The normalized spacial score (nSPS) is 10.5. The Morgan fingerprint density at radius 3 is 2.50 bits per heavy atom. The van der Waals surface area contributed by atoms with Crippen molar-refractivity contribution < 1.29 is 14.3 Å². The number of amides is 1. The van der Waals surface area contributed by atoms with Gasteiger partial charge >= 0.3 is 5.97 Å². The fourth-order valence-electron chi connectivity index (χ4n) is 1.80. The van der Waals surface area contributed by atoms with Gasteiger partial charge in [0.15, 0.2) is 0 Å². The summed E-state index contributed by atoms with van der Waals surface area (Å²) in [5.74, 6) is -1.12. The quantitative estimate of drug-likeness (QED) is 0.494. The van der Waals surface area contributed by atoms with Gasteiger partial charge in [0.25, 0.3) is 5.91 Å². The van der Waals surface area contributed by atoms with Crippen LogP contribution >= 0.6 is 0 Å². The highest BCUT2D eigenvalue weighted by molar-refractivity contribution is 6.09. The van der Waals surface area contributed by atoms with Crippen molar-refractivity contribution in [1.82, 2.24) is 4.90 Å². The molecule has 0 saturated carbocycles. The van der Waals surface area contributed by atoms with E-state index >= 15 is 0 Å². The van der Waals surface area contributed by atoms with E-state index in [4.69, 9.17) is 5.26 Å². The molecule has 0 unspecified atom stereocenters. The molecule has 116 valence electrons. The molecule has 1 aromatic rings. The van der Waals surface area contributed by atoms with Crippen LogP contribution in [0.5, 0.6) is 0 Å². The topological polar surface area (TPSA) is 82.4 Å². The summed E-state index contributed by atoms with van der Waals surface area (Å²) in [7, 11) is 1.27. The Morgan fingerprint density at radius 2 is 1.95 bits per heavy atom. The molecule has 0 spiro atoms. The number of hydrogen-bond donors (Lipinski definition) is 1. The molecule has 0 radical (unpaired) electrons. The third kappa shape index (κ3) is 4.35. The number of methoxy groups -OCH3 is 1. The predicted molar refractivity (Wildman–Crippen MR) is 83.0 cm³/mol. The molecule has 1 N–H and O–H groups in total. The van der Waals surface area contributed by atoms with Crippen LogP contribution in [-0.4, -0.2) is 37.0 Å². The van der Waals surface area contributed by atoms with Crippen LogP contribution < -0.4 is 5.32 Å². The maximum atomic E-state index is 12.2. The largest absolute Gasteiger partial charge is 0.465 e. The summed E-state index contributed by atoms with van der Waals surface area (Å²) in [5.41, 5.74) is 0.516. The summed E-state index contributed by atoms with van der Waals surface area (Å²) in [6.07, 6.45) is 1.51. The second kappa shape index (κ2) is 8.47. The number of ether oxygens (including phenoxy) is 1. The highest BCUT2D eigenvalue weighted by atomic mass is 16.5. The van der Waals surface area contributed by atoms with Crippen LogP contribution in [0.1, 0.15) is 24.2 Å². The van der Waals surface area contributed by atoms with Gasteiger partial charge in [-0.3, -0.25) is 4.79 Å². The summed E-state index contributed by atoms with van der Waals surface area (Å²) in [4.78, 5) is 25.7. The standard InChI is InChI=1S/C16H19N3O3/c1-4-19(5-2)11-12(10-17)15(20)18-14-9-7-6-8-13(14)16(21)22-3/h6-9,11H,4-5H2,1-3H3,(H,18,20)/b12-11-. The van der Waals surface area contributed by atoms with Gasteiger partial charge in [0, 0.05) is 19.3 Å². The Morgan fingerprint density at radius 1 is 1.32 bits per heavy atom. The first-order chi connectivity index (χ1) is 10.6. The highest BCUT2D eigenvalue weighted by Gasteiger charge is 2.16. The average Bonchev–Trinajstić information content (AvgIpc) is 2.55. The minimum absolute atomic E-state index is 0.0247. The van der Waals surface area contributed by atoms with Gasteiger partial charge in [-0.2, -0.15) is 5.26 Å². The van der Waals surface area contributed by atoms with Crippen molar-refractivity contribution in [3.8, 4) is 6.07 Å². The van der Waals surface area contributed by atoms with Gasteiger partial charge < -0.3 is 15.0 Å². The zero-order valence-corrected chi connectivity index (χ0v) is 12.9. The molecule has 6 heteroatoms. The fraction of sp³-hybridized carbons (Fsp3) is 0.312. The third-order valence-electron chi connectivity index (χ3n) is 3.07. The molecule has 1 amide bonds. The third-order valence-corrected chi connectivity index (χ3v) is 3.07. The maximum absolute atomic E-state index is 12.2. The second-order valence-electron chi connectivity index (χ2n) is 4.37. The van der Waals surface area contributed by atoms with E-state index < -0.39 is 11.9 Å². The van der Waals surface area contributed by atoms with Crippen molar-refractivity contribution in [3.05, 3.63) is 41.6 Å². The number of para-hydroxylation sites is 1. The number of nitrogens with zero attached hydrogens (tertiary/aromatic N) is 2. The summed E-state index contributed by atoms with van der Waals surface area (Å²) < 4.78 is 4.67. The van der Waals surface area contributed by atoms with Gasteiger partial charge in [0.1, 0.15) is 11.6 Å².